The Morgan fingerprint density at radius 2 is 2.10 bits per heavy atom. The SMILES string of the molecule is Cc1ccc(C=CC(=O)NCC2(O)CCOCC2)c(C)c1. The minimum atomic E-state index is -0.832. The smallest absolute Gasteiger partial charge is 0.244 e. The van der Waals surface area contributed by atoms with Crippen molar-refractivity contribution >= 4 is 12.0 Å². The molecule has 1 saturated heterocycles. The van der Waals surface area contributed by atoms with Gasteiger partial charge >= 0.3 is 0 Å². The lowest BCUT2D eigenvalue weighted by atomic mass is 9.94. The summed E-state index contributed by atoms with van der Waals surface area (Å²) in [5.41, 5.74) is 2.54. The summed E-state index contributed by atoms with van der Waals surface area (Å²) in [6.45, 7) is 5.43. The van der Waals surface area contributed by atoms with Gasteiger partial charge in [0.25, 0.3) is 0 Å². The first-order valence-electron chi connectivity index (χ1n) is 7.32. The van der Waals surface area contributed by atoms with Crippen molar-refractivity contribution in [2.24, 2.45) is 0 Å². The molecule has 4 nitrogen and oxygen atoms in total. The predicted molar refractivity (Wildman–Crippen MR) is 83.0 cm³/mol. The van der Waals surface area contributed by atoms with Gasteiger partial charge in [0, 0.05) is 38.7 Å². The Morgan fingerprint density at radius 3 is 2.76 bits per heavy atom. The number of rotatable bonds is 4. The highest BCUT2D eigenvalue weighted by atomic mass is 16.5. The molecule has 1 heterocycles. The molecule has 1 aromatic rings. The van der Waals surface area contributed by atoms with E-state index in [0.29, 0.717) is 26.1 Å². The Balaban J connectivity index is 1.87. The molecule has 4 heteroatoms. The highest BCUT2D eigenvalue weighted by Gasteiger charge is 2.29. The largest absolute Gasteiger partial charge is 0.388 e. The maximum atomic E-state index is 11.8. The molecule has 1 fully saturated rings. The number of hydrogen-bond acceptors (Lipinski definition) is 3. The van der Waals surface area contributed by atoms with Gasteiger partial charge in [-0.05, 0) is 31.1 Å². The summed E-state index contributed by atoms with van der Waals surface area (Å²) in [6, 6.07) is 6.11. The van der Waals surface area contributed by atoms with Gasteiger partial charge in [0.2, 0.25) is 5.91 Å². The fraction of sp³-hybridized carbons (Fsp3) is 0.471. The molecule has 0 aliphatic carbocycles. The van der Waals surface area contributed by atoms with E-state index in [0.717, 1.165) is 11.1 Å². The van der Waals surface area contributed by atoms with Crippen molar-refractivity contribution < 1.29 is 14.6 Å². The summed E-state index contributed by atoms with van der Waals surface area (Å²) < 4.78 is 5.21. The minimum Gasteiger partial charge on any atom is -0.388 e. The van der Waals surface area contributed by atoms with Gasteiger partial charge in [-0.25, -0.2) is 0 Å². The highest BCUT2D eigenvalue weighted by Crippen LogP contribution is 2.19. The van der Waals surface area contributed by atoms with E-state index in [1.165, 1.54) is 11.6 Å². The molecule has 1 amide bonds. The number of aryl methyl sites for hydroxylation is 2. The zero-order valence-corrected chi connectivity index (χ0v) is 12.7. The number of amides is 1. The Hall–Kier alpha value is -1.65. The summed E-state index contributed by atoms with van der Waals surface area (Å²) in [5, 5.41) is 13.0. The van der Waals surface area contributed by atoms with Crippen molar-refractivity contribution in [2.45, 2.75) is 32.3 Å². The second kappa shape index (κ2) is 6.87. The molecule has 1 aliphatic rings. The molecular weight excluding hydrogens is 266 g/mol. The van der Waals surface area contributed by atoms with E-state index in [9.17, 15) is 9.90 Å². The Labute approximate surface area is 125 Å². The molecule has 1 aliphatic heterocycles. The summed E-state index contributed by atoms with van der Waals surface area (Å²) in [4.78, 5) is 11.8. The van der Waals surface area contributed by atoms with Crippen molar-refractivity contribution in [1.82, 2.24) is 5.32 Å². The molecule has 0 unspecified atom stereocenters. The molecule has 0 aromatic heterocycles. The van der Waals surface area contributed by atoms with Gasteiger partial charge < -0.3 is 15.2 Å². The second-order valence-electron chi connectivity index (χ2n) is 5.75. The van der Waals surface area contributed by atoms with Crippen LogP contribution in [0.4, 0.5) is 0 Å². The van der Waals surface area contributed by atoms with E-state index >= 15 is 0 Å². The van der Waals surface area contributed by atoms with Gasteiger partial charge in [-0.15, -0.1) is 0 Å². The Morgan fingerprint density at radius 1 is 1.38 bits per heavy atom. The molecule has 0 saturated carbocycles. The number of carbonyl (C=O) groups excluding carboxylic acids is 1. The maximum Gasteiger partial charge on any atom is 0.244 e. The van der Waals surface area contributed by atoms with Gasteiger partial charge in [-0.1, -0.05) is 23.8 Å². The van der Waals surface area contributed by atoms with Gasteiger partial charge in [-0.3, -0.25) is 4.79 Å². The summed E-state index contributed by atoms with van der Waals surface area (Å²) in [6.07, 6.45) is 4.45. The average molecular weight is 289 g/mol. The van der Waals surface area contributed by atoms with Crippen LogP contribution in [-0.4, -0.2) is 36.4 Å². The van der Waals surface area contributed by atoms with Gasteiger partial charge in [-0.2, -0.15) is 0 Å². The summed E-state index contributed by atoms with van der Waals surface area (Å²) in [5.74, 6) is -0.185. The first-order valence-corrected chi connectivity index (χ1v) is 7.32. The quantitative estimate of drug-likeness (QED) is 0.833. The van der Waals surface area contributed by atoms with Crippen LogP contribution >= 0.6 is 0 Å². The molecule has 114 valence electrons. The summed E-state index contributed by atoms with van der Waals surface area (Å²) in [7, 11) is 0. The number of hydrogen-bond donors (Lipinski definition) is 2. The normalized spacial score (nSPS) is 17.9. The van der Waals surface area contributed by atoms with E-state index in [1.807, 2.05) is 26.0 Å². The molecule has 0 atom stereocenters. The lowest BCUT2D eigenvalue weighted by Gasteiger charge is -2.31. The summed E-state index contributed by atoms with van der Waals surface area (Å²) >= 11 is 0. The van der Waals surface area contributed by atoms with Crippen LogP contribution in [0.3, 0.4) is 0 Å². The van der Waals surface area contributed by atoms with E-state index in [-0.39, 0.29) is 12.5 Å². The van der Waals surface area contributed by atoms with Crippen LogP contribution in [-0.2, 0) is 9.53 Å². The van der Waals surface area contributed by atoms with Crippen molar-refractivity contribution in [3.05, 3.63) is 41.0 Å². The van der Waals surface area contributed by atoms with Gasteiger partial charge in [0.05, 0.1) is 5.60 Å². The number of aliphatic hydroxyl groups is 1. The number of carbonyl (C=O) groups is 1. The lowest BCUT2D eigenvalue weighted by molar-refractivity contribution is -0.119. The zero-order valence-electron chi connectivity index (χ0n) is 12.7. The predicted octanol–water partition coefficient (Wildman–Crippen LogP) is 1.97. The third kappa shape index (κ3) is 4.69. The zero-order chi connectivity index (χ0) is 15.3. The lowest BCUT2D eigenvalue weighted by Crippen LogP contribution is -2.46. The first kappa shape index (κ1) is 15.7. The maximum absolute atomic E-state index is 11.8. The second-order valence-corrected chi connectivity index (χ2v) is 5.75. The van der Waals surface area contributed by atoms with Crippen LogP contribution in [0.2, 0.25) is 0 Å². The average Bonchev–Trinajstić information content (AvgIpc) is 2.45. The fourth-order valence-electron chi connectivity index (χ4n) is 2.42. The van der Waals surface area contributed by atoms with Crippen LogP contribution in [0, 0.1) is 13.8 Å². The van der Waals surface area contributed by atoms with Crippen LogP contribution < -0.4 is 5.32 Å². The van der Waals surface area contributed by atoms with Crippen molar-refractivity contribution in [3.8, 4) is 0 Å². The van der Waals surface area contributed by atoms with E-state index in [1.54, 1.807) is 6.08 Å². The van der Waals surface area contributed by atoms with Crippen molar-refractivity contribution in [2.75, 3.05) is 19.8 Å². The monoisotopic (exact) mass is 289 g/mol. The van der Waals surface area contributed by atoms with Gasteiger partial charge in [0.1, 0.15) is 0 Å². The third-order valence-corrected chi connectivity index (χ3v) is 3.85. The Kier molecular flexibility index (Phi) is 5.15. The molecule has 2 rings (SSSR count). The number of nitrogens with one attached hydrogen (secondary N) is 1. The first-order chi connectivity index (χ1) is 9.98. The van der Waals surface area contributed by atoms with Gasteiger partial charge in [0.15, 0.2) is 0 Å². The highest BCUT2D eigenvalue weighted by molar-refractivity contribution is 5.91. The molecule has 2 N–H and O–H groups in total. The molecule has 0 bridgehead atoms. The standard InChI is InChI=1S/C17H23NO3/c1-13-3-4-15(14(2)11-13)5-6-16(19)18-12-17(20)7-9-21-10-8-17/h3-6,11,20H,7-10,12H2,1-2H3,(H,18,19). The third-order valence-electron chi connectivity index (χ3n) is 3.85. The number of ether oxygens (including phenoxy) is 1. The van der Waals surface area contributed by atoms with E-state index < -0.39 is 5.60 Å². The molecule has 21 heavy (non-hydrogen) atoms. The molecule has 0 radical (unpaired) electrons. The van der Waals surface area contributed by atoms with Crippen molar-refractivity contribution in [1.29, 1.82) is 0 Å². The van der Waals surface area contributed by atoms with Crippen LogP contribution in [0.1, 0.15) is 29.5 Å². The molecule has 0 spiro atoms. The van der Waals surface area contributed by atoms with Crippen molar-refractivity contribution in [3.63, 3.8) is 0 Å². The number of benzene rings is 1. The topological polar surface area (TPSA) is 58.6 Å². The molecular formula is C17H23NO3. The Bertz CT molecular complexity index is 531. The molecule has 1 aromatic carbocycles. The van der Waals surface area contributed by atoms with Crippen LogP contribution in [0.15, 0.2) is 24.3 Å². The minimum absolute atomic E-state index is 0.185. The van der Waals surface area contributed by atoms with E-state index in [4.69, 9.17) is 4.74 Å². The van der Waals surface area contributed by atoms with E-state index in [2.05, 4.69) is 11.4 Å². The fourth-order valence-corrected chi connectivity index (χ4v) is 2.42. The van der Waals surface area contributed by atoms with Crippen LogP contribution in [0.5, 0.6) is 0 Å². The van der Waals surface area contributed by atoms with Crippen LogP contribution in [0.25, 0.3) is 6.08 Å².